The van der Waals surface area contributed by atoms with Crippen LogP contribution in [0.1, 0.15) is 47.7 Å². The van der Waals surface area contributed by atoms with Gasteiger partial charge in [-0.2, -0.15) is 4.31 Å². The van der Waals surface area contributed by atoms with Crippen molar-refractivity contribution in [3.8, 4) is 0 Å². The molecular weight excluding hydrogens is 372 g/mol. The Morgan fingerprint density at radius 1 is 1.04 bits per heavy atom. The summed E-state index contributed by atoms with van der Waals surface area (Å²) in [5, 5.41) is 0. The lowest BCUT2D eigenvalue weighted by Gasteiger charge is -2.34. The average molecular weight is 401 g/mol. The Hall–Kier alpha value is -2.18. The van der Waals surface area contributed by atoms with Crippen molar-refractivity contribution in [3.05, 3.63) is 65.2 Å². The molecule has 1 aliphatic heterocycles. The summed E-state index contributed by atoms with van der Waals surface area (Å²) in [5.74, 6) is 0.367. The van der Waals surface area contributed by atoms with Crippen LogP contribution in [0.4, 0.5) is 0 Å². The molecule has 0 radical (unpaired) electrons. The Morgan fingerprint density at radius 2 is 1.68 bits per heavy atom. The maximum atomic E-state index is 13.0. The molecule has 1 fully saturated rings. The topological polar surface area (TPSA) is 57.7 Å². The zero-order valence-electron chi connectivity index (χ0n) is 16.8. The molecule has 1 amide bonds. The molecule has 6 heteroatoms. The van der Waals surface area contributed by atoms with Gasteiger partial charge in [-0.25, -0.2) is 8.42 Å². The number of hydrogen-bond donors (Lipinski definition) is 0. The second kappa shape index (κ2) is 8.45. The summed E-state index contributed by atoms with van der Waals surface area (Å²) in [6, 6.07) is 14.7. The minimum atomic E-state index is -3.54. The summed E-state index contributed by atoms with van der Waals surface area (Å²) in [6.07, 6.45) is 1.02. The van der Waals surface area contributed by atoms with E-state index in [0.29, 0.717) is 42.6 Å². The quantitative estimate of drug-likeness (QED) is 0.770. The zero-order chi connectivity index (χ0) is 20.3. The fourth-order valence-electron chi connectivity index (χ4n) is 3.45. The largest absolute Gasteiger partial charge is 0.336 e. The Balaban J connectivity index is 1.67. The number of rotatable bonds is 5. The van der Waals surface area contributed by atoms with Crippen LogP contribution >= 0.6 is 0 Å². The normalized spacial score (nSPS) is 16.8. The minimum Gasteiger partial charge on any atom is -0.336 e. The number of carbonyl (C=O) groups is 1. The van der Waals surface area contributed by atoms with Crippen molar-refractivity contribution in [3.63, 3.8) is 0 Å². The molecular formula is C22H28N2O3S. The molecule has 2 aromatic carbocycles. The monoisotopic (exact) mass is 400 g/mol. The summed E-state index contributed by atoms with van der Waals surface area (Å²) in [5.41, 5.74) is 2.83. The van der Waals surface area contributed by atoms with E-state index >= 15 is 0 Å². The van der Waals surface area contributed by atoms with Crippen LogP contribution in [-0.2, 0) is 10.0 Å². The van der Waals surface area contributed by atoms with E-state index in [9.17, 15) is 13.2 Å². The second-order valence-electron chi connectivity index (χ2n) is 7.44. The molecule has 1 atom stereocenters. The highest BCUT2D eigenvalue weighted by molar-refractivity contribution is 7.89. The van der Waals surface area contributed by atoms with E-state index in [2.05, 4.69) is 13.8 Å². The zero-order valence-corrected chi connectivity index (χ0v) is 17.6. The first-order chi connectivity index (χ1) is 13.3. The number of benzene rings is 2. The van der Waals surface area contributed by atoms with E-state index in [-0.39, 0.29) is 5.91 Å². The van der Waals surface area contributed by atoms with Crippen molar-refractivity contribution in [2.45, 2.75) is 38.0 Å². The van der Waals surface area contributed by atoms with Gasteiger partial charge in [0.2, 0.25) is 10.0 Å². The first kappa shape index (κ1) is 20.6. The molecule has 0 N–H and O–H groups in total. The molecule has 150 valence electrons. The highest BCUT2D eigenvalue weighted by Gasteiger charge is 2.30. The summed E-state index contributed by atoms with van der Waals surface area (Å²) in [4.78, 5) is 14.7. The van der Waals surface area contributed by atoms with Gasteiger partial charge in [0, 0.05) is 31.7 Å². The van der Waals surface area contributed by atoms with Crippen LogP contribution in [-0.4, -0.2) is 49.7 Å². The Labute approximate surface area is 168 Å². The van der Waals surface area contributed by atoms with Gasteiger partial charge in [0.05, 0.1) is 4.90 Å². The summed E-state index contributed by atoms with van der Waals surface area (Å²) >= 11 is 0. The van der Waals surface area contributed by atoms with Crippen molar-refractivity contribution in [1.82, 2.24) is 9.21 Å². The highest BCUT2D eigenvalue weighted by Crippen LogP contribution is 2.23. The van der Waals surface area contributed by atoms with Gasteiger partial charge in [-0.15, -0.1) is 0 Å². The first-order valence-electron chi connectivity index (χ1n) is 9.79. The maximum absolute atomic E-state index is 13.0. The standard InChI is InChI=1S/C22H28N2O3S/c1-4-18(3)19-8-10-21(11-9-19)28(26,27)24-14-12-23(13-15-24)22(25)20-7-5-6-17(2)16-20/h5-11,16,18H,4,12-15H2,1-3H3. The van der Waals surface area contributed by atoms with Crippen molar-refractivity contribution in [2.24, 2.45) is 0 Å². The molecule has 1 aliphatic rings. The van der Waals surface area contributed by atoms with Gasteiger partial charge in [0.1, 0.15) is 0 Å². The SMILES string of the molecule is CCC(C)c1ccc(S(=O)(=O)N2CCN(C(=O)c3cccc(C)c3)CC2)cc1. The van der Waals surface area contributed by atoms with Crippen molar-refractivity contribution in [2.75, 3.05) is 26.2 Å². The number of sulfonamides is 1. The molecule has 1 saturated heterocycles. The fourth-order valence-corrected chi connectivity index (χ4v) is 4.87. The number of carbonyl (C=O) groups excluding carboxylic acids is 1. The third-order valence-corrected chi connectivity index (χ3v) is 7.40. The third-order valence-electron chi connectivity index (χ3n) is 5.49. The molecule has 3 rings (SSSR count). The van der Waals surface area contributed by atoms with Gasteiger partial charge in [-0.3, -0.25) is 4.79 Å². The number of hydrogen-bond acceptors (Lipinski definition) is 3. The van der Waals surface area contributed by atoms with Crippen LogP contribution in [0.5, 0.6) is 0 Å². The molecule has 2 aromatic rings. The molecule has 1 unspecified atom stereocenters. The number of piperazine rings is 1. The maximum Gasteiger partial charge on any atom is 0.253 e. The average Bonchev–Trinajstić information content (AvgIpc) is 2.72. The molecule has 28 heavy (non-hydrogen) atoms. The Morgan fingerprint density at radius 3 is 2.25 bits per heavy atom. The van der Waals surface area contributed by atoms with Crippen molar-refractivity contribution in [1.29, 1.82) is 0 Å². The minimum absolute atomic E-state index is 0.0429. The van der Waals surface area contributed by atoms with E-state index < -0.39 is 10.0 Å². The van der Waals surface area contributed by atoms with Gasteiger partial charge in [0.15, 0.2) is 0 Å². The fraction of sp³-hybridized carbons (Fsp3) is 0.409. The predicted octanol–water partition coefficient (Wildman–Crippen LogP) is 3.66. The Bertz CT molecular complexity index is 931. The summed E-state index contributed by atoms with van der Waals surface area (Å²) in [6.45, 7) is 7.63. The van der Waals surface area contributed by atoms with Crippen LogP contribution < -0.4 is 0 Å². The van der Waals surface area contributed by atoms with Crippen LogP contribution in [0, 0.1) is 6.92 Å². The van der Waals surface area contributed by atoms with Gasteiger partial charge in [-0.1, -0.05) is 43.7 Å². The van der Waals surface area contributed by atoms with Crippen molar-refractivity contribution < 1.29 is 13.2 Å². The van der Waals surface area contributed by atoms with E-state index in [1.54, 1.807) is 23.1 Å². The highest BCUT2D eigenvalue weighted by atomic mass is 32.2. The third kappa shape index (κ3) is 4.28. The number of aryl methyl sites for hydroxylation is 1. The van der Waals surface area contributed by atoms with E-state index in [1.807, 2.05) is 37.3 Å². The lowest BCUT2D eigenvalue weighted by atomic mass is 9.99. The molecule has 0 saturated carbocycles. The smallest absolute Gasteiger partial charge is 0.253 e. The van der Waals surface area contributed by atoms with Crippen LogP contribution in [0.3, 0.4) is 0 Å². The summed E-state index contributed by atoms with van der Waals surface area (Å²) in [7, 11) is -3.54. The number of amides is 1. The molecule has 0 aliphatic carbocycles. The van der Waals surface area contributed by atoms with Crippen molar-refractivity contribution >= 4 is 15.9 Å². The van der Waals surface area contributed by atoms with Crippen LogP contribution in [0.2, 0.25) is 0 Å². The molecule has 0 aromatic heterocycles. The molecule has 5 nitrogen and oxygen atoms in total. The molecule has 0 spiro atoms. The van der Waals surface area contributed by atoms with Crippen LogP contribution in [0.15, 0.2) is 53.4 Å². The lowest BCUT2D eigenvalue weighted by Crippen LogP contribution is -2.50. The summed E-state index contributed by atoms with van der Waals surface area (Å²) < 4.78 is 27.4. The second-order valence-corrected chi connectivity index (χ2v) is 9.38. The first-order valence-corrected chi connectivity index (χ1v) is 11.2. The van der Waals surface area contributed by atoms with E-state index in [4.69, 9.17) is 0 Å². The predicted molar refractivity (Wildman–Crippen MR) is 111 cm³/mol. The van der Waals surface area contributed by atoms with Gasteiger partial charge < -0.3 is 4.90 Å². The Kier molecular flexibility index (Phi) is 6.20. The van der Waals surface area contributed by atoms with Gasteiger partial charge >= 0.3 is 0 Å². The lowest BCUT2D eigenvalue weighted by molar-refractivity contribution is 0.0698. The van der Waals surface area contributed by atoms with E-state index in [0.717, 1.165) is 17.5 Å². The van der Waals surface area contributed by atoms with Crippen LogP contribution in [0.25, 0.3) is 0 Å². The molecule has 0 bridgehead atoms. The van der Waals surface area contributed by atoms with E-state index in [1.165, 1.54) is 4.31 Å². The molecule has 1 heterocycles. The van der Waals surface area contributed by atoms with Gasteiger partial charge in [-0.05, 0) is 49.1 Å². The number of nitrogens with zero attached hydrogens (tertiary/aromatic N) is 2. The van der Waals surface area contributed by atoms with Gasteiger partial charge in [0.25, 0.3) is 5.91 Å².